The number of carbonyl (C=O) groups is 1. The van der Waals surface area contributed by atoms with E-state index in [2.05, 4.69) is 45.0 Å². The third kappa shape index (κ3) is 3.18. The molecule has 0 unspecified atom stereocenters. The summed E-state index contributed by atoms with van der Waals surface area (Å²) in [6.45, 7) is 6.59. The van der Waals surface area contributed by atoms with E-state index in [4.69, 9.17) is 0 Å². The number of fused-ring (bicyclic) bond motifs is 1. The Hall–Kier alpha value is -1.11. The van der Waals surface area contributed by atoms with Crippen molar-refractivity contribution in [1.29, 1.82) is 0 Å². The van der Waals surface area contributed by atoms with Crippen LogP contribution in [0.1, 0.15) is 44.7 Å². The highest BCUT2D eigenvalue weighted by Gasteiger charge is 2.27. The highest BCUT2D eigenvalue weighted by molar-refractivity contribution is 5.82. The molecule has 1 heteroatoms. The summed E-state index contributed by atoms with van der Waals surface area (Å²) in [7, 11) is 0. The second-order valence-corrected chi connectivity index (χ2v) is 6.40. The Bertz CT molecular complexity index is 387. The summed E-state index contributed by atoms with van der Waals surface area (Å²) in [5.74, 6) is 0.700. The van der Waals surface area contributed by atoms with Gasteiger partial charge in [-0.15, -0.1) is 0 Å². The molecule has 92 valence electrons. The van der Waals surface area contributed by atoms with E-state index < -0.39 is 0 Å². The van der Waals surface area contributed by atoms with Gasteiger partial charge in [-0.3, -0.25) is 4.79 Å². The first-order valence-electron chi connectivity index (χ1n) is 6.55. The molecular weight excluding hydrogens is 208 g/mol. The Morgan fingerprint density at radius 2 is 1.71 bits per heavy atom. The molecule has 0 heterocycles. The summed E-state index contributed by atoms with van der Waals surface area (Å²) in [6, 6.07) is 8.46. The van der Waals surface area contributed by atoms with Gasteiger partial charge in [-0.1, -0.05) is 45.0 Å². The number of Topliss-reactive ketones (excluding diaryl/α,β-unsaturated/α-hetero) is 1. The molecule has 1 aliphatic carbocycles. The maximum absolute atomic E-state index is 12.2. The second kappa shape index (κ2) is 4.64. The van der Waals surface area contributed by atoms with E-state index in [9.17, 15) is 4.79 Å². The van der Waals surface area contributed by atoms with Gasteiger partial charge in [0.25, 0.3) is 0 Å². The van der Waals surface area contributed by atoms with Gasteiger partial charge in [0.1, 0.15) is 5.78 Å². The minimum Gasteiger partial charge on any atom is -0.299 e. The Morgan fingerprint density at radius 1 is 1.18 bits per heavy atom. The largest absolute Gasteiger partial charge is 0.299 e. The van der Waals surface area contributed by atoms with Crippen LogP contribution in [-0.4, -0.2) is 5.78 Å². The molecule has 0 spiro atoms. The van der Waals surface area contributed by atoms with Gasteiger partial charge in [-0.25, -0.2) is 0 Å². The predicted molar refractivity (Wildman–Crippen MR) is 71.0 cm³/mol. The molecule has 0 bridgehead atoms. The van der Waals surface area contributed by atoms with Gasteiger partial charge in [0.15, 0.2) is 0 Å². The zero-order valence-electron chi connectivity index (χ0n) is 11.1. The maximum atomic E-state index is 12.2. The van der Waals surface area contributed by atoms with Gasteiger partial charge < -0.3 is 0 Å². The Balaban J connectivity index is 1.92. The van der Waals surface area contributed by atoms with Gasteiger partial charge in [-0.2, -0.15) is 0 Å². The van der Waals surface area contributed by atoms with Crippen LogP contribution < -0.4 is 0 Å². The zero-order valence-corrected chi connectivity index (χ0v) is 11.1. The molecule has 2 rings (SSSR count). The molecule has 0 fully saturated rings. The third-order valence-corrected chi connectivity index (χ3v) is 3.63. The molecule has 1 aromatic rings. The van der Waals surface area contributed by atoms with Gasteiger partial charge in [0.05, 0.1) is 0 Å². The van der Waals surface area contributed by atoms with Crippen molar-refractivity contribution in [3.05, 3.63) is 35.4 Å². The quantitative estimate of drug-likeness (QED) is 0.772. The average Bonchev–Trinajstić information content (AvgIpc) is 2.68. The lowest BCUT2D eigenvalue weighted by atomic mass is 9.86. The molecule has 0 radical (unpaired) electrons. The molecule has 0 aliphatic heterocycles. The molecule has 0 amide bonds. The van der Waals surface area contributed by atoms with Crippen LogP contribution in [-0.2, 0) is 17.6 Å². The van der Waals surface area contributed by atoms with E-state index >= 15 is 0 Å². The van der Waals surface area contributed by atoms with Crippen molar-refractivity contribution in [2.75, 3.05) is 0 Å². The third-order valence-electron chi connectivity index (χ3n) is 3.63. The van der Waals surface area contributed by atoms with Crippen LogP contribution in [0.2, 0.25) is 0 Å². The molecule has 1 aromatic carbocycles. The second-order valence-electron chi connectivity index (χ2n) is 6.40. The number of carbonyl (C=O) groups excluding carboxylic acids is 1. The number of hydrogen-bond donors (Lipinski definition) is 0. The smallest absolute Gasteiger partial charge is 0.136 e. The van der Waals surface area contributed by atoms with E-state index in [1.54, 1.807) is 0 Å². The molecule has 17 heavy (non-hydrogen) atoms. The van der Waals surface area contributed by atoms with Crippen molar-refractivity contribution in [3.63, 3.8) is 0 Å². The average molecular weight is 230 g/mol. The van der Waals surface area contributed by atoms with Gasteiger partial charge >= 0.3 is 0 Å². The fourth-order valence-corrected chi connectivity index (χ4v) is 2.49. The van der Waals surface area contributed by atoms with Crippen LogP contribution in [0.5, 0.6) is 0 Å². The van der Waals surface area contributed by atoms with E-state index in [0.717, 1.165) is 25.7 Å². The molecule has 0 atom stereocenters. The highest BCUT2D eigenvalue weighted by atomic mass is 16.1. The highest BCUT2D eigenvalue weighted by Crippen LogP contribution is 2.29. The fourth-order valence-electron chi connectivity index (χ4n) is 2.49. The standard InChI is InChI=1S/C16H22O/c1-16(2,3)9-8-15(17)14-10-12-6-4-5-7-13(12)11-14/h4-7,14H,8-11H2,1-3H3. The van der Waals surface area contributed by atoms with Crippen molar-refractivity contribution in [2.45, 2.75) is 46.5 Å². The maximum Gasteiger partial charge on any atom is 0.136 e. The Morgan fingerprint density at radius 3 is 2.18 bits per heavy atom. The molecule has 0 saturated heterocycles. The minimum atomic E-state index is 0.245. The summed E-state index contributed by atoms with van der Waals surface area (Å²) in [4.78, 5) is 12.2. The normalized spacial score (nSPS) is 15.9. The van der Waals surface area contributed by atoms with Gasteiger partial charge in [0, 0.05) is 12.3 Å². The lowest BCUT2D eigenvalue weighted by Crippen LogP contribution is -2.17. The number of hydrogen-bond acceptors (Lipinski definition) is 1. The monoisotopic (exact) mass is 230 g/mol. The first kappa shape index (κ1) is 12.3. The minimum absolute atomic E-state index is 0.245. The van der Waals surface area contributed by atoms with Crippen molar-refractivity contribution in [1.82, 2.24) is 0 Å². The van der Waals surface area contributed by atoms with Crippen LogP contribution in [0.4, 0.5) is 0 Å². The molecule has 1 nitrogen and oxygen atoms in total. The SMILES string of the molecule is CC(C)(C)CCC(=O)C1Cc2ccccc2C1. The summed E-state index contributed by atoms with van der Waals surface area (Å²) < 4.78 is 0. The molecule has 0 saturated carbocycles. The lowest BCUT2D eigenvalue weighted by Gasteiger charge is -2.18. The Kier molecular flexibility index (Phi) is 3.37. The van der Waals surface area contributed by atoms with Crippen molar-refractivity contribution in [2.24, 2.45) is 11.3 Å². The molecular formula is C16H22O. The Labute approximate surface area is 104 Å². The van der Waals surface area contributed by atoms with E-state index in [1.807, 2.05) is 0 Å². The zero-order chi connectivity index (χ0) is 12.5. The number of ketones is 1. The number of benzene rings is 1. The van der Waals surface area contributed by atoms with E-state index in [-0.39, 0.29) is 11.3 Å². The molecule has 0 N–H and O–H groups in total. The van der Waals surface area contributed by atoms with Gasteiger partial charge in [0.2, 0.25) is 0 Å². The topological polar surface area (TPSA) is 17.1 Å². The summed E-state index contributed by atoms with van der Waals surface area (Å²) >= 11 is 0. The first-order chi connectivity index (χ1) is 7.96. The molecule has 0 aromatic heterocycles. The van der Waals surface area contributed by atoms with Crippen molar-refractivity contribution < 1.29 is 4.79 Å². The van der Waals surface area contributed by atoms with Crippen LogP contribution in [0.3, 0.4) is 0 Å². The van der Waals surface area contributed by atoms with E-state index in [0.29, 0.717) is 5.78 Å². The van der Waals surface area contributed by atoms with Crippen LogP contribution >= 0.6 is 0 Å². The first-order valence-corrected chi connectivity index (χ1v) is 6.55. The van der Waals surface area contributed by atoms with Gasteiger partial charge in [-0.05, 0) is 35.8 Å². The summed E-state index contributed by atoms with van der Waals surface area (Å²) in [5, 5.41) is 0. The summed E-state index contributed by atoms with van der Waals surface area (Å²) in [5.41, 5.74) is 3.02. The van der Waals surface area contributed by atoms with Crippen molar-refractivity contribution >= 4 is 5.78 Å². The summed E-state index contributed by atoms with van der Waals surface area (Å²) in [6.07, 6.45) is 3.65. The van der Waals surface area contributed by atoms with Crippen molar-refractivity contribution in [3.8, 4) is 0 Å². The predicted octanol–water partition coefficient (Wildman–Crippen LogP) is 3.80. The lowest BCUT2D eigenvalue weighted by molar-refractivity contribution is -0.123. The van der Waals surface area contributed by atoms with Crippen LogP contribution in [0.15, 0.2) is 24.3 Å². The van der Waals surface area contributed by atoms with E-state index in [1.165, 1.54) is 11.1 Å². The van der Waals surface area contributed by atoms with Crippen LogP contribution in [0, 0.1) is 11.3 Å². The molecule has 1 aliphatic rings. The number of rotatable bonds is 3. The van der Waals surface area contributed by atoms with Crippen LogP contribution in [0.25, 0.3) is 0 Å². The fraction of sp³-hybridized carbons (Fsp3) is 0.562.